The van der Waals surface area contributed by atoms with Crippen molar-refractivity contribution in [2.75, 3.05) is 10.5 Å². The summed E-state index contributed by atoms with van der Waals surface area (Å²) in [4.78, 5) is 4.10. The fraction of sp³-hybridized carbons (Fsp3) is 0.308. The van der Waals surface area contributed by atoms with E-state index in [1.165, 1.54) is 24.3 Å². The lowest BCUT2D eigenvalue weighted by Gasteiger charge is -2.10. The number of hydrogen-bond acceptors (Lipinski definition) is 5. The van der Waals surface area contributed by atoms with Crippen LogP contribution in [0, 0.1) is 12.7 Å². The summed E-state index contributed by atoms with van der Waals surface area (Å²) in [6, 6.07) is 2.35. The lowest BCUT2D eigenvalue weighted by atomic mass is 10.2. The maximum Gasteiger partial charge on any atom is 0.264 e. The van der Waals surface area contributed by atoms with E-state index in [2.05, 4.69) is 9.71 Å². The number of nitrogens with zero attached hydrogens (tertiary/aromatic N) is 1. The number of nitrogen functional groups attached to an aromatic ring is 1. The van der Waals surface area contributed by atoms with Crippen LogP contribution in [0.25, 0.3) is 0 Å². The predicted molar refractivity (Wildman–Crippen MR) is 80.4 cm³/mol. The topological polar surface area (TPSA) is 85.1 Å². The number of anilines is 2. The minimum Gasteiger partial charge on any atom is -0.399 e. The molecule has 0 aliphatic heterocycles. The summed E-state index contributed by atoms with van der Waals surface area (Å²) in [5.74, 6) is -0.195. The first kappa shape index (κ1) is 14.3. The summed E-state index contributed by atoms with van der Waals surface area (Å²) in [6.45, 7) is 1.40. The minimum atomic E-state index is -3.90. The van der Waals surface area contributed by atoms with Gasteiger partial charge in [0, 0.05) is 22.5 Å². The van der Waals surface area contributed by atoms with Gasteiger partial charge in [-0.3, -0.25) is 4.72 Å². The van der Waals surface area contributed by atoms with Gasteiger partial charge in [-0.05, 0) is 31.9 Å². The first-order valence-electron chi connectivity index (χ1n) is 6.40. The number of nitrogens with two attached hydrogens (primary N) is 1. The van der Waals surface area contributed by atoms with E-state index in [1.54, 1.807) is 0 Å². The maximum absolute atomic E-state index is 13.6. The van der Waals surface area contributed by atoms with Gasteiger partial charge in [0.25, 0.3) is 10.0 Å². The second-order valence-corrected chi connectivity index (χ2v) is 7.59. The van der Waals surface area contributed by atoms with Crippen LogP contribution < -0.4 is 10.5 Å². The van der Waals surface area contributed by atoms with Crippen molar-refractivity contribution in [1.29, 1.82) is 0 Å². The van der Waals surface area contributed by atoms with Crippen molar-refractivity contribution >= 4 is 32.2 Å². The van der Waals surface area contributed by atoms with Gasteiger partial charge in [0.15, 0.2) is 5.13 Å². The number of nitrogens with one attached hydrogen (secondary N) is 1. The molecule has 1 aliphatic rings. The van der Waals surface area contributed by atoms with Gasteiger partial charge in [-0.1, -0.05) is 0 Å². The molecule has 5 nitrogen and oxygen atoms in total. The molecular weight excluding hydrogens is 313 g/mol. The average molecular weight is 327 g/mol. The van der Waals surface area contributed by atoms with Crippen LogP contribution in [-0.4, -0.2) is 13.4 Å². The standard InChI is InChI=1S/C13H14FN3O2S2/c1-7-10(14)4-9(15)5-12(7)21(18,19)17-13-16-11(6-20-13)8-2-3-8/h4-6,8H,2-3,15H2,1H3,(H,16,17). The number of halogens is 1. The molecule has 0 atom stereocenters. The van der Waals surface area contributed by atoms with Gasteiger partial charge in [0.1, 0.15) is 5.82 Å². The maximum atomic E-state index is 13.6. The Hall–Kier alpha value is -1.67. The van der Waals surface area contributed by atoms with Gasteiger partial charge >= 0.3 is 0 Å². The molecule has 1 aliphatic carbocycles. The van der Waals surface area contributed by atoms with Gasteiger partial charge in [-0.2, -0.15) is 0 Å². The Kier molecular flexibility index (Phi) is 3.37. The highest BCUT2D eigenvalue weighted by molar-refractivity contribution is 7.93. The van der Waals surface area contributed by atoms with Crippen LogP contribution in [0.2, 0.25) is 0 Å². The van der Waals surface area contributed by atoms with Crippen molar-refractivity contribution in [2.24, 2.45) is 0 Å². The van der Waals surface area contributed by atoms with Gasteiger partial charge in [-0.25, -0.2) is 17.8 Å². The second kappa shape index (κ2) is 4.96. The Morgan fingerprint density at radius 1 is 1.43 bits per heavy atom. The predicted octanol–water partition coefficient (Wildman–Crippen LogP) is 2.85. The smallest absolute Gasteiger partial charge is 0.264 e. The Morgan fingerprint density at radius 2 is 2.14 bits per heavy atom. The van der Waals surface area contributed by atoms with E-state index in [1.807, 2.05) is 5.38 Å². The molecular formula is C13H14FN3O2S2. The summed E-state index contributed by atoms with van der Waals surface area (Å²) in [6.07, 6.45) is 2.19. The molecule has 0 amide bonds. The van der Waals surface area contributed by atoms with Crippen molar-refractivity contribution in [3.05, 3.63) is 34.6 Å². The molecule has 0 bridgehead atoms. The third kappa shape index (κ3) is 2.86. The summed E-state index contributed by atoms with van der Waals surface area (Å²) >= 11 is 1.23. The van der Waals surface area contributed by atoms with Gasteiger partial charge in [-0.15, -0.1) is 11.3 Å². The first-order valence-corrected chi connectivity index (χ1v) is 8.77. The third-order valence-electron chi connectivity index (χ3n) is 3.35. The zero-order valence-corrected chi connectivity index (χ0v) is 12.9. The van der Waals surface area contributed by atoms with E-state index in [9.17, 15) is 12.8 Å². The minimum absolute atomic E-state index is 0.0377. The summed E-state index contributed by atoms with van der Waals surface area (Å²) < 4.78 is 40.7. The zero-order valence-electron chi connectivity index (χ0n) is 11.3. The Morgan fingerprint density at radius 3 is 2.81 bits per heavy atom. The number of rotatable bonds is 4. The Balaban J connectivity index is 1.92. The Bertz CT molecular complexity index is 798. The lowest BCUT2D eigenvalue weighted by molar-refractivity contribution is 0.591. The van der Waals surface area contributed by atoms with E-state index in [0.29, 0.717) is 11.0 Å². The molecule has 8 heteroatoms. The average Bonchev–Trinajstić information content (AvgIpc) is 3.15. The molecule has 0 saturated heterocycles. The van der Waals surface area contributed by atoms with Crippen molar-refractivity contribution in [2.45, 2.75) is 30.6 Å². The molecule has 1 fully saturated rings. The lowest BCUT2D eigenvalue weighted by Crippen LogP contribution is -2.15. The SMILES string of the molecule is Cc1c(F)cc(N)cc1S(=O)(=O)Nc1nc(C2CC2)cs1. The van der Waals surface area contributed by atoms with Crippen LogP contribution in [0.5, 0.6) is 0 Å². The fourth-order valence-corrected chi connectivity index (χ4v) is 4.36. The van der Waals surface area contributed by atoms with E-state index >= 15 is 0 Å². The first-order chi connectivity index (χ1) is 9.87. The van der Waals surface area contributed by atoms with Crippen molar-refractivity contribution in [3.63, 3.8) is 0 Å². The number of sulfonamides is 1. The van der Waals surface area contributed by atoms with Crippen LogP contribution in [0.3, 0.4) is 0 Å². The highest BCUT2D eigenvalue weighted by atomic mass is 32.2. The van der Waals surface area contributed by atoms with E-state index < -0.39 is 15.8 Å². The van der Waals surface area contributed by atoms with Gasteiger partial charge in [0.05, 0.1) is 10.6 Å². The molecule has 112 valence electrons. The highest BCUT2D eigenvalue weighted by Gasteiger charge is 2.27. The normalized spacial score (nSPS) is 15.1. The van der Waals surface area contributed by atoms with Crippen LogP contribution >= 0.6 is 11.3 Å². The quantitative estimate of drug-likeness (QED) is 0.846. The molecule has 21 heavy (non-hydrogen) atoms. The van der Waals surface area contributed by atoms with Gasteiger partial charge in [0.2, 0.25) is 0 Å². The van der Waals surface area contributed by atoms with Crippen LogP contribution in [0.15, 0.2) is 22.4 Å². The number of benzene rings is 1. The molecule has 1 aromatic heterocycles. The molecule has 1 aromatic carbocycles. The second-order valence-electron chi connectivity index (χ2n) is 5.08. The third-order valence-corrected chi connectivity index (χ3v) is 5.72. The largest absolute Gasteiger partial charge is 0.399 e. The van der Waals surface area contributed by atoms with Crippen LogP contribution in [0.1, 0.15) is 30.0 Å². The summed E-state index contributed by atoms with van der Waals surface area (Å²) in [5, 5.41) is 2.14. The number of thiazole rings is 1. The molecule has 0 unspecified atom stereocenters. The molecule has 3 rings (SSSR count). The van der Waals surface area contributed by atoms with E-state index in [4.69, 9.17) is 5.73 Å². The molecule has 2 aromatic rings. The van der Waals surface area contributed by atoms with Gasteiger partial charge < -0.3 is 5.73 Å². The molecule has 1 heterocycles. The fourth-order valence-electron chi connectivity index (χ4n) is 2.02. The van der Waals surface area contributed by atoms with Crippen molar-refractivity contribution in [1.82, 2.24) is 4.98 Å². The van der Waals surface area contributed by atoms with Crippen molar-refractivity contribution < 1.29 is 12.8 Å². The molecule has 0 spiro atoms. The van der Waals surface area contributed by atoms with E-state index in [0.717, 1.165) is 24.6 Å². The number of hydrogen-bond donors (Lipinski definition) is 2. The highest BCUT2D eigenvalue weighted by Crippen LogP contribution is 2.41. The van der Waals surface area contributed by atoms with Crippen LogP contribution in [-0.2, 0) is 10.0 Å². The molecule has 3 N–H and O–H groups in total. The van der Waals surface area contributed by atoms with E-state index in [-0.39, 0.29) is 16.1 Å². The van der Waals surface area contributed by atoms with Crippen LogP contribution in [0.4, 0.5) is 15.2 Å². The van der Waals surface area contributed by atoms with Crippen molar-refractivity contribution in [3.8, 4) is 0 Å². The zero-order chi connectivity index (χ0) is 15.2. The summed E-state index contributed by atoms with van der Waals surface area (Å²) in [5.41, 5.74) is 6.54. The summed E-state index contributed by atoms with van der Waals surface area (Å²) in [7, 11) is -3.90. The number of aromatic nitrogens is 1. The molecule has 1 saturated carbocycles. The Labute approximate surface area is 126 Å². The molecule has 0 radical (unpaired) electrons. The monoisotopic (exact) mass is 327 g/mol.